The first-order valence-electron chi connectivity index (χ1n) is 8.92. The van der Waals surface area contributed by atoms with Gasteiger partial charge < -0.3 is 5.32 Å². The van der Waals surface area contributed by atoms with E-state index in [1.165, 1.54) is 16.0 Å². The summed E-state index contributed by atoms with van der Waals surface area (Å²) in [6.45, 7) is 2.74. The highest BCUT2D eigenvalue weighted by atomic mass is 35.5. The third-order valence-electron chi connectivity index (χ3n) is 4.37. The van der Waals surface area contributed by atoms with Crippen LogP contribution in [0.3, 0.4) is 0 Å². The predicted octanol–water partition coefficient (Wildman–Crippen LogP) is 6.17. The molecule has 2 nitrogen and oxygen atoms in total. The van der Waals surface area contributed by atoms with Crippen molar-refractivity contribution >= 4 is 29.3 Å². The van der Waals surface area contributed by atoms with Gasteiger partial charge in [0, 0.05) is 27.8 Å². The molecule has 0 saturated heterocycles. The zero-order valence-corrected chi connectivity index (χ0v) is 16.8. The number of amides is 1. The van der Waals surface area contributed by atoms with Crippen LogP contribution in [-0.2, 0) is 5.75 Å². The summed E-state index contributed by atoms with van der Waals surface area (Å²) in [5.41, 5.74) is 3.10. The Morgan fingerprint density at radius 1 is 0.963 bits per heavy atom. The summed E-state index contributed by atoms with van der Waals surface area (Å²) in [6, 6.07) is 25.8. The van der Waals surface area contributed by atoms with Crippen molar-refractivity contribution in [2.24, 2.45) is 0 Å². The molecule has 0 saturated carbocycles. The van der Waals surface area contributed by atoms with E-state index < -0.39 is 0 Å². The van der Waals surface area contributed by atoms with Crippen LogP contribution in [-0.4, -0.2) is 12.5 Å². The average Bonchev–Trinajstić information content (AvgIpc) is 2.72. The fourth-order valence-electron chi connectivity index (χ4n) is 2.70. The highest BCUT2D eigenvalue weighted by Crippen LogP contribution is 2.24. The number of hydrogen-bond acceptors (Lipinski definition) is 2. The molecule has 0 bridgehead atoms. The molecule has 0 spiro atoms. The maximum Gasteiger partial charge on any atom is 0.251 e. The zero-order chi connectivity index (χ0) is 19.1. The highest BCUT2D eigenvalue weighted by Gasteiger charge is 2.09. The standard InChI is InChI=1S/C23H22ClNOS/c1-17(19-5-3-2-4-6-19)15-25-23(26)20-9-7-18(8-10-20)16-27-22-13-11-21(24)12-14-22/h2-14,17H,15-16H2,1H3,(H,25,26)/t17-/m1/s1. The molecule has 27 heavy (non-hydrogen) atoms. The quantitative estimate of drug-likeness (QED) is 0.485. The Bertz CT molecular complexity index is 863. The van der Waals surface area contributed by atoms with Crippen LogP contribution in [0.15, 0.2) is 83.8 Å². The first kappa shape index (κ1) is 19.5. The van der Waals surface area contributed by atoms with Crippen molar-refractivity contribution in [3.63, 3.8) is 0 Å². The number of carbonyl (C=O) groups is 1. The molecule has 3 aromatic carbocycles. The van der Waals surface area contributed by atoms with Crippen molar-refractivity contribution < 1.29 is 4.79 Å². The van der Waals surface area contributed by atoms with E-state index in [0.717, 1.165) is 10.8 Å². The normalized spacial score (nSPS) is 11.8. The van der Waals surface area contributed by atoms with Crippen LogP contribution in [0, 0.1) is 0 Å². The molecule has 0 aliphatic rings. The topological polar surface area (TPSA) is 29.1 Å². The van der Waals surface area contributed by atoms with E-state index in [-0.39, 0.29) is 11.8 Å². The fraction of sp³-hybridized carbons (Fsp3) is 0.174. The second-order valence-corrected chi connectivity index (χ2v) is 7.95. The van der Waals surface area contributed by atoms with E-state index in [0.29, 0.717) is 12.1 Å². The molecule has 1 atom stereocenters. The van der Waals surface area contributed by atoms with Gasteiger partial charge in [0.25, 0.3) is 5.91 Å². The number of rotatable bonds is 7. The highest BCUT2D eigenvalue weighted by molar-refractivity contribution is 7.98. The van der Waals surface area contributed by atoms with E-state index >= 15 is 0 Å². The predicted molar refractivity (Wildman–Crippen MR) is 115 cm³/mol. The Morgan fingerprint density at radius 2 is 1.63 bits per heavy atom. The van der Waals surface area contributed by atoms with Crippen LogP contribution < -0.4 is 5.32 Å². The monoisotopic (exact) mass is 395 g/mol. The van der Waals surface area contributed by atoms with Crippen LogP contribution in [0.1, 0.15) is 34.3 Å². The molecule has 1 amide bonds. The smallest absolute Gasteiger partial charge is 0.251 e. The van der Waals surface area contributed by atoms with Crippen molar-refractivity contribution in [2.75, 3.05) is 6.54 Å². The van der Waals surface area contributed by atoms with E-state index in [1.807, 2.05) is 66.7 Å². The number of thioether (sulfide) groups is 1. The Morgan fingerprint density at radius 3 is 2.30 bits per heavy atom. The van der Waals surface area contributed by atoms with Crippen molar-refractivity contribution in [1.29, 1.82) is 0 Å². The average molecular weight is 396 g/mol. The molecule has 0 aromatic heterocycles. The lowest BCUT2D eigenvalue weighted by molar-refractivity contribution is 0.0951. The fourth-order valence-corrected chi connectivity index (χ4v) is 3.68. The van der Waals surface area contributed by atoms with E-state index in [1.54, 1.807) is 11.8 Å². The van der Waals surface area contributed by atoms with Crippen molar-refractivity contribution in [3.05, 3.63) is 101 Å². The number of carbonyl (C=O) groups excluding carboxylic acids is 1. The minimum atomic E-state index is -0.0327. The minimum Gasteiger partial charge on any atom is -0.351 e. The van der Waals surface area contributed by atoms with Gasteiger partial charge in [-0.3, -0.25) is 4.79 Å². The van der Waals surface area contributed by atoms with Crippen LogP contribution in [0.5, 0.6) is 0 Å². The summed E-state index contributed by atoms with van der Waals surface area (Å²) >= 11 is 7.66. The summed E-state index contributed by atoms with van der Waals surface area (Å²) in [4.78, 5) is 13.6. The third-order valence-corrected chi connectivity index (χ3v) is 5.71. The van der Waals surface area contributed by atoms with Gasteiger partial charge in [0.2, 0.25) is 0 Å². The maximum absolute atomic E-state index is 12.4. The molecule has 3 rings (SSSR count). The Hall–Kier alpha value is -2.23. The summed E-state index contributed by atoms with van der Waals surface area (Å²) in [5.74, 6) is 1.11. The SMILES string of the molecule is C[C@H](CNC(=O)c1ccc(CSc2ccc(Cl)cc2)cc1)c1ccccc1. The molecular weight excluding hydrogens is 374 g/mol. The van der Waals surface area contributed by atoms with Crippen LogP contribution in [0.4, 0.5) is 0 Å². The molecule has 0 aliphatic carbocycles. The number of hydrogen-bond donors (Lipinski definition) is 1. The molecule has 138 valence electrons. The molecule has 0 aliphatic heterocycles. The minimum absolute atomic E-state index is 0.0327. The molecule has 1 N–H and O–H groups in total. The molecule has 0 heterocycles. The molecular formula is C23H22ClNOS. The second kappa shape index (κ2) is 9.63. The van der Waals surface area contributed by atoms with Gasteiger partial charge in [0.15, 0.2) is 0 Å². The third kappa shape index (κ3) is 5.88. The van der Waals surface area contributed by atoms with Gasteiger partial charge in [-0.2, -0.15) is 0 Å². The van der Waals surface area contributed by atoms with Gasteiger partial charge in [0.05, 0.1) is 0 Å². The molecule has 3 aromatic rings. The largest absolute Gasteiger partial charge is 0.351 e. The van der Waals surface area contributed by atoms with Crippen LogP contribution >= 0.6 is 23.4 Å². The van der Waals surface area contributed by atoms with Crippen molar-refractivity contribution in [1.82, 2.24) is 5.32 Å². The summed E-state index contributed by atoms with van der Waals surface area (Å²) < 4.78 is 0. The van der Waals surface area contributed by atoms with Gasteiger partial charge in [-0.1, -0.05) is 61.0 Å². The zero-order valence-electron chi connectivity index (χ0n) is 15.2. The lowest BCUT2D eigenvalue weighted by Gasteiger charge is -2.13. The Balaban J connectivity index is 1.50. The lowest BCUT2D eigenvalue weighted by Crippen LogP contribution is -2.27. The first-order chi connectivity index (χ1) is 13.1. The van der Waals surface area contributed by atoms with Gasteiger partial charge in [-0.25, -0.2) is 0 Å². The van der Waals surface area contributed by atoms with Crippen molar-refractivity contribution in [2.45, 2.75) is 23.5 Å². The lowest BCUT2D eigenvalue weighted by atomic mass is 10.0. The van der Waals surface area contributed by atoms with Gasteiger partial charge in [-0.15, -0.1) is 11.8 Å². The van der Waals surface area contributed by atoms with E-state index in [4.69, 9.17) is 11.6 Å². The van der Waals surface area contributed by atoms with E-state index in [2.05, 4.69) is 24.4 Å². The second-order valence-electron chi connectivity index (χ2n) is 6.46. The maximum atomic E-state index is 12.4. The first-order valence-corrected chi connectivity index (χ1v) is 10.3. The Labute approximate surface area is 170 Å². The van der Waals surface area contributed by atoms with Gasteiger partial charge >= 0.3 is 0 Å². The van der Waals surface area contributed by atoms with Crippen LogP contribution in [0.25, 0.3) is 0 Å². The van der Waals surface area contributed by atoms with Gasteiger partial charge in [-0.05, 0) is 53.4 Å². The Kier molecular flexibility index (Phi) is 6.97. The van der Waals surface area contributed by atoms with E-state index in [9.17, 15) is 4.79 Å². The number of nitrogens with one attached hydrogen (secondary N) is 1. The summed E-state index contributed by atoms with van der Waals surface area (Å²) in [7, 11) is 0. The molecule has 0 radical (unpaired) electrons. The molecule has 0 fully saturated rings. The summed E-state index contributed by atoms with van der Waals surface area (Å²) in [6.07, 6.45) is 0. The number of benzene rings is 3. The number of halogens is 1. The van der Waals surface area contributed by atoms with Crippen molar-refractivity contribution in [3.8, 4) is 0 Å². The molecule has 4 heteroatoms. The van der Waals surface area contributed by atoms with Crippen LogP contribution in [0.2, 0.25) is 5.02 Å². The molecule has 0 unspecified atom stereocenters. The summed E-state index contributed by atoms with van der Waals surface area (Å²) in [5, 5.41) is 3.77. The van der Waals surface area contributed by atoms with Gasteiger partial charge in [0.1, 0.15) is 0 Å².